The number of benzene rings is 1. The highest BCUT2D eigenvalue weighted by Crippen LogP contribution is 2.25. The molecule has 0 heterocycles. The SMILES string of the molecule is CC(C)C[C@@](C)(COc1ccc(Br)cc1C#N)NC(=O)OC(C)(C)C. The number of ether oxygens (including phenoxy) is 2. The van der Waals surface area contributed by atoms with Crippen LogP contribution in [-0.2, 0) is 4.74 Å². The van der Waals surface area contributed by atoms with Crippen LogP contribution in [0.25, 0.3) is 0 Å². The van der Waals surface area contributed by atoms with E-state index in [4.69, 9.17) is 9.47 Å². The molecule has 0 bridgehead atoms. The first-order valence-corrected chi connectivity index (χ1v) is 9.07. The highest BCUT2D eigenvalue weighted by molar-refractivity contribution is 9.10. The van der Waals surface area contributed by atoms with Crippen molar-refractivity contribution in [1.29, 1.82) is 5.26 Å². The number of amides is 1. The van der Waals surface area contributed by atoms with Crippen molar-refractivity contribution in [2.45, 2.75) is 59.1 Å². The van der Waals surface area contributed by atoms with Gasteiger partial charge in [-0.15, -0.1) is 0 Å². The molecule has 0 aromatic heterocycles. The van der Waals surface area contributed by atoms with E-state index in [0.29, 0.717) is 23.7 Å². The van der Waals surface area contributed by atoms with Crippen LogP contribution in [0.4, 0.5) is 4.79 Å². The van der Waals surface area contributed by atoms with Crippen LogP contribution in [0.5, 0.6) is 5.75 Å². The second-order valence-corrected chi connectivity index (χ2v) is 8.74. The molecule has 0 spiro atoms. The number of hydrogen-bond donors (Lipinski definition) is 1. The van der Waals surface area contributed by atoms with Gasteiger partial charge in [-0.3, -0.25) is 0 Å². The van der Waals surface area contributed by atoms with Crippen LogP contribution in [0, 0.1) is 17.2 Å². The normalized spacial score (nSPS) is 13.7. The van der Waals surface area contributed by atoms with Crippen molar-refractivity contribution in [3.8, 4) is 11.8 Å². The fourth-order valence-electron chi connectivity index (χ4n) is 2.55. The van der Waals surface area contributed by atoms with Crippen molar-refractivity contribution < 1.29 is 14.3 Å². The third kappa shape index (κ3) is 7.78. The molecule has 25 heavy (non-hydrogen) atoms. The molecule has 1 atom stereocenters. The number of hydrogen-bond acceptors (Lipinski definition) is 4. The smallest absolute Gasteiger partial charge is 0.408 e. The summed E-state index contributed by atoms with van der Waals surface area (Å²) in [5.41, 5.74) is -0.738. The molecule has 1 aromatic rings. The van der Waals surface area contributed by atoms with E-state index in [1.54, 1.807) is 12.1 Å². The molecule has 0 aliphatic heterocycles. The van der Waals surface area contributed by atoms with Crippen molar-refractivity contribution in [1.82, 2.24) is 5.32 Å². The lowest BCUT2D eigenvalue weighted by atomic mass is 9.91. The Labute approximate surface area is 158 Å². The van der Waals surface area contributed by atoms with Gasteiger partial charge in [0.05, 0.1) is 11.1 Å². The molecule has 5 nitrogen and oxygen atoms in total. The second-order valence-electron chi connectivity index (χ2n) is 7.83. The topological polar surface area (TPSA) is 71.3 Å². The van der Waals surface area contributed by atoms with Gasteiger partial charge >= 0.3 is 6.09 Å². The minimum Gasteiger partial charge on any atom is -0.490 e. The minimum absolute atomic E-state index is 0.237. The van der Waals surface area contributed by atoms with Gasteiger partial charge in [-0.1, -0.05) is 29.8 Å². The van der Waals surface area contributed by atoms with Gasteiger partial charge in [0.15, 0.2) is 0 Å². The van der Waals surface area contributed by atoms with Gasteiger partial charge in [-0.25, -0.2) is 4.79 Å². The van der Waals surface area contributed by atoms with Crippen LogP contribution in [0.15, 0.2) is 22.7 Å². The minimum atomic E-state index is -0.615. The number of carbonyl (C=O) groups excluding carboxylic acids is 1. The molecular formula is C19H27BrN2O3. The van der Waals surface area contributed by atoms with Crippen LogP contribution in [0.2, 0.25) is 0 Å². The van der Waals surface area contributed by atoms with Gasteiger partial charge in [0, 0.05) is 4.47 Å². The predicted molar refractivity (Wildman–Crippen MR) is 102 cm³/mol. The van der Waals surface area contributed by atoms with Crippen molar-refractivity contribution in [2.75, 3.05) is 6.61 Å². The first-order chi connectivity index (χ1) is 11.4. The van der Waals surface area contributed by atoms with E-state index < -0.39 is 17.2 Å². The number of rotatable bonds is 6. The number of nitrogens with one attached hydrogen (secondary N) is 1. The molecule has 0 saturated heterocycles. The molecule has 0 unspecified atom stereocenters. The molecule has 1 aromatic carbocycles. The largest absolute Gasteiger partial charge is 0.490 e. The molecule has 0 radical (unpaired) electrons. The Bertz CT molecular complexity index is 647. The second kappa shape index (κ2) is 8.57. The highest BCUT2D eigenvalue weighted by atomic mass is 79.9. The molecule has 6 heteroatoms. The standard InChI is InChI=1S/C19H27BrN2O3/c1-13(2)10-19(6,22-17(23)25-18(3,4)5)12-24-16-8-7-15(20)9-14(16)11-21/h7-9,13H,10,12H2,1-6H3,(H,22,23)/t19-/m0/s1. The maximum Gasteiger partial charge on any atom is 0.408 e. The van der Waals surface area contributed by atoms with Gasteiger partial charge in [0.25, 0.3) is 0 Å². The molecule has 0 aliphatic carbocycles. The van der Waals surface area contributed by atoms with Gasteiger partial charge in [0.1, 0.15) is 24.0 Å². The zero-order valence-corrected chi connectivity index (χ0v) is 17.4. The monoisotopic (exact) mass is 410 g/mol. The maximum absolute atomic E-state index is 12.2. The van der Waals surface area contributed by atoms with Crippen LogP contribution in [0.1, 0.15) is 53.5 Å². The molecule has 1 amide bonds. The average Bonchev–Trinajstić information content (AvgIpc) is 2.42. The van der Waals surface area contributed by atoms with Crippen molar-refractivity contribution in [3.05, 3.63) is 28.2 Å². The maximum atomic E-state index is 12.2. The summed E-state index contributed by atoms with van der Waals surface area (Å²) in [5.74, 6) is 0.843. The summed E-state index contributed by atoms with van der Waals surface area (Å²) in [5, 5.41) is 12.2. The summed E-state index contributed by atoms with van der Waals surface area (Å²) in [7, 11) is 0. The third-order valence-electron chi connectivity index (χ3n) is 3.27. The molecular weight excluding hydrogens is 384 g/mol. The van der Waals surface area contributed by atoms with Crippen LogP contribution >= 0.6 is 15.9 Å². The van der Waals surface area contributed by atoms with E-state index in [-0.39, 0.29) is 6.61 Å². The van der Waals surface area contributed by atoms with E-state index in [2.05, 4.69) is 41.2 Å². The van der Waals surface area contributed by atoms with Crippen molar-refractivity contribution in [2.24, 2.45) is 5.92 Å². The highest BCUT2D eigenvalue weighted by Gasteiger charge is 2.31. The third-order valence-corrected chi connectivity index (χ3v) is 3.76. The quantitative estimate of drug-likeness (QED) is 0.713. The van der Waals surface area contributed by atoms with Gasteiger partial charge in [0.2, 0.25) is 0 Å². The summed E-state index contributed by atoms with van der Waals surface area (Å²) < 4.78 is 12.0. The van der Waals surface area contributed by atoms with Gasteiger partial charge in [-0.05, 0) is 58.2 Å². The Hall–Kier alpha value is -1.74. The van der Waals surface area contributed by atoms with Gasteiger partial charge in [-0.2, -0.15) is 5.26 Å². The molecule has 0 aliphatic rings. The molecule has 138 valence electrons. The molecule has 0 fully saturated rings. The molecule has 0 saturated carbocycles. The van der Waals surface area contributed by atoms with Crippen LogP contribution in [0.3, 0.4) is 0 Å². The Morgan fingerprint density at radius 1 is 1.32 bits per heavy atom. The van der Waals surface area contributed by atoms with E-state index in [0.717, 1.165) is 4.47 Å². The molecule has 1 N–H and O–H groups in total. The number of nitrogens with zero attached hydrogens (tertiary/aromatic N) is 1. The lowest BCUT2D eigenvalue weighted by Crippen LogP contribution is -2.52. The summed E-state index contributed by atoms with van der Waals surface area (Å²) in [4.78, 5) is 12.2. The first-order valence-electron chi connectivity index (χ1n) is 8.28. The van der Waals surface area contributed by atoms with Crippen molar-refractivity contribution >= 4 is 22.0 Å². The Morgan fingerprint density at radius 3 is 2.48 bits per heavy atom. The number of nitriles is 1. The predicted octanol–water partition coefficient (Wildman–Crippen LogP) is 5.03. The number of carbonyl (C=O) groups is 1. The van der Waals surface area contributed by atoms with Crippen LogP contribution < -0.4 is 10.1 Å². The lowest BCUT2D eigenvalue weighted by Gasteiger charge is -2.33. The van der Waals surface area contributed by atoms with E-state index in [1.807, 2.05) is 33.8 Å². The zero-order valence-electron chi connectivity index (χ0n) is 15.8. The van der Waals surface area contributed by atoms with Gasteiger partial charge < -0.3 is 14.8 Å². The number of alkyl carbamates (subject to hydrolysis) is 1. The zero-order chi connectivity index (χ0) is 19.3. The Balaban J connectivity index is 2.89. The van der Waals surface area contributed by atoms with E-state index in [1.165, 1.54) is 0 Å². The lowest BCUT2D eigenvalue weighted by molar-refractivity contribution is 0.0408. The average molecular weight is 411 g/mol. The summed E-state index contributed by atoms with van der Waals surface area (Å²) in [6.07, 6.45) is 0.237. The fraction of sp³-hybridized carbons (Fsp3) is 0.579. The van der Waals surface area contributed by atoms with Crippen LogP contribution in [-0.4, -0.2) is 23.8 Å². The summed E-state index contributed by atoms with van der Waals surface area (Å²) in [6.45, 7) is 11.8. The Kier molecular flexibility index (Phi) is 7.30. The summed E-state index contributed by atoms with van der Waals surface area (Å²) in [6, 6.07) is 7.38. The first kappa shape index (κ1) is 21.3. The van der Waals surface area contributed by atoms with E-state index in [9.17, 15) is 10.1 Å². The molecule has 1 rings (SSSR count). The van der Waals surface area contributed by atoms with Crippen molar-refractivity contribution in [3.63, 3.8) is 0 Å². The Morgan fingerprint density at radius 2 is 1.96 bits per heavy atom. The number of halogens is 1. The van der Waals surface area contributed by atoms with E-state index >= 15 is 0 Å². The summed E-state index contributed by atoms with van der Waals surface area (Å²) >= 11 is 3.34. The fourth-order valence-corrected chi connectivity index (χ4v) is 2.91.